The molecule has 0 saturated heterocycles. The van der Waals surface area contributed by atoms with Gasteiger partial charge in [0.25, 0.3) is 5.69 Å². The van der Waals surface area contributed by atoms with Gasteiger partial charge in [0, 0.05) is 10.5 Å². The molecule has 0 saturated carbocycles. The minimum absolute atomic E-state index is 0.112. The molecule has 0 atom stereocenters. The molecule has 0 aliphatic rings. The zero-order valence-electron chi connectivity index (χ0n) is 9.68. The highest BCUT2D eigenvalue weighted by Crippen LogP contribution is 2.26. The molecule has 0 amide bonds. The fraction of sp³-hybridized carbons (Fsp3) is 0.0769. The van der Waals surface area contributed by atoms with Crippen LogP contribution in [-0.4, -0.2) is 4.92 Å². The van der Waals surface area contributed by atoms with Crippen LogP contribution in [0.4, 0.5) is 5.69 Å². The van der Waals surface area contributed by atoms with Crippen molar-refractivity contribution in [3.63, 3.8) is 0 Å². The molecule has 19 heavy (non-hydrogen) atoms. The van der Waals surface area contributed by atoms with Crippen LogP contribution in [0.25, 0.3) is 0 Å². The van der Waals surface area contributed by atoms with Gasteiger partial charge in [-0.3, -0.25) is 10.1 Å². The number of nitrogens with zero attached hydrogens (tertiary/aromatic N) is 1. The Balaban J connectivity index is 2.09. The molecule has 0 heterocycles. The normalized spacial score (nSPS) is 10.2. The zero-order chi connectivity index (χ0) is 13.8. The van der Waals surface area contributed by atoms with E-state index in [0.717, 1.165) is 4.47 Å². The van der Waals surface area contributed by atoms with E-state index < -0.39 is 4.92 Å². The standard InChI is InChI=1S/C13H9BrClNO3/c14-10-2-4-11(5-3-10)19-8-9-1-6-12(15)13(7-9)16(17)18/h1-7H,8H2. The van der Waals surface area contributed by atoms with Gasteiger partial charge < -0.3 is 4.74 Å². The van der Waals surface area contributed by atoms with Gasteiger partial charge in [-0.25, -0.2) is 0 Å². The Bertz CT molecular complexity index is 601. The summed E-state index contributed by atoms with van der Waals surface area (Å²) >= 11 is 9.07. The fourth-order valence-corrected chi connectivity index (χ4v) is 1.94. The average Bonchev–Trinajstić information content (AvgIpc) is 2.39. The first kappa shape index (κ1) is 13.8. The van der Waals surface area contributed by atoms with Crippen LogP contribution in [0.2, 0.25) is 5.02 Å². The van der Waals surface area contributed by atoms with E-state index in [1.54, 1.807) is 6.07 Å². The first-order valence-corrected chi connectivity index (χ1v) is 6.54. The van der Waals surface area contributed by atoms with Crippen LogP contribution in [0.15, 0.2) is 46.9 Å². The van der Waals surface area contributed by atoms with Crippen LogP contribution in [-0.2, 0) is 6.61 Å². The predicted octanol–water partition coefficient (Wildman–Crippen LogP) is 4.59. The predicted molar refractivity (Wildman–Crippen MR) is 76.6 cm³/mol. The molecule has 0 aromatic heterocycles. The van der Waals surface area contributed by atoms with Gasteiger partial charge in [0.05, 0.1) is 4.92 Å². The maximum atomic E-state index is 10.8. The number of ether oxygens (including phenoxy) is 1. The molecule has 4 nitrogen and oxygen atoms in total. The summed E-state index contributed by atoms with van der Waals surface area (Å²) in [7, 11) is 0. The van der Waals surface area contributed by atoms with Crippen molar-refractivity contribution in [2.24, 2.45) is 0 Å². The summed E-state index contributed by atoms with van der Waals surface area (Å²) < 4.78 is 6.50. The first-order chi connectivity index (χ1) is 9.06. The summed E-state index contributed by atoms with van der Waals surface area (Å²) in [6.45, 7) is 0.250. The SMILES string of the molecule is O=[N+]([O-])c1cc(COc2ccc(Br)cc2)ccc1Cl. The summed E-state index contributed by atoms with van der Waals surface area (Å²) in [6, 6.07) is 12.0. The van der Waals surface area contributed by atoms with E-state index in [1.165, 1.54) is 12.1 Å². The van der Waals surface area contributed by atoms with Gasteiger partial charge in [-0.15, -0.1) is 0 Å². The summed E-state index contributed by atoms with van der Waals surface area (Å²) in [5.41, 5.74) is 0.581. The maximum Gasteiger partial charge on any atom is 0.288 e. The van der Waals surface area contributed by atoms with E-state index in [0.29, 0.717) is 11.3 Å². The van der Waals surface area contributed by atoms with Gasteiger partial charge in [-0.05, 0) is 35.9 Å². The lowest BCUT2D eigenvalue weighted by atomic mass is 10.2. The third-order valence-electron chi connectivity index (χ3n) is 2.43. The quantitative estimate of drug-likeness (QED) is 0.603. The molecule has 2 aromatic carbocycles. The van der Waals surface area contributed by atoms with Gasteiger partial charge >= 0.3 is 0 Å². The molecule has 0 fully saturated rings. The Hall–Kier alpha value is -1.59. The molecule has 6 heteroatoms. The van der Waals surface area contributed by atoms with E-state index in [2.05, 4.69) is 15.9 Å². The Morgan fingerprint density at radius 1 is 1.21 bits per heavy atom. The van der Waals surface area contributed by atoms with E-state index >= 15 is 0 Å². The van der Waals surface area contributed by atoms with Gasteiger partial charge in [-0.2, -0.15) is 0 Å². The molecule has 2 rings (SSSR count). The second-order valence-corrected chi connectivity index (χ2v) is 5.11. The monoisotopic (exact) mass is 341 g/mol. The van der Waals surface area contributed by atoms with E-state index in [1.807, 2.05) is 24.3 Å². The minimum Gasteiger partial charge on any atom is -0.489 e. The highest BCUT2D eigenvalue weighted by molar-refractivity contribution is 9.10. The lowest BCUT2D eigenvalue weighted by molar-refractivity contribution is -0.384. The van der Waals surface area contributed by atoms with Crippen LogP contribution < -0.4 is 4.74 Å². The van der Waals surface area contributed by atoms with Gasteiger partial charge in [0.2, 0.25) is 0 Å². The number of hydrogen-bond acceptors (Lipinski definition) is 3. The number of rotatable bonds is 4. The van der Waals surface area contributed by atoms with Crippen molar-refractivity contribution in [2.45, 2.75) is 6.61 Å². The Morgan fingerprint density at radius 2 is 1.89 bits per heavy atom. The molecule has 0 aliphatic heterocycles. The highest BCUT2D eigenvalue weighted by atomic mass is 79.9. The van der Waals surface area contributed by atoms with Crippen LogP contribution in [0.1, 0.15) is 5.56 Å². The third-order valence-corrected chi connectivity index (χ3v) is 3.27. The number of nitro benzene ring substituents is 1. The molecular formula is C13H9BrClNO3. The fourth-order valence-electron chi connectivity index (χ4n) is 1.49. The summed E-state index contributed by atoms with van der Waals surface area (Å²) in [5.74, 6) is 0.695. The van der Waals surface area contributed by atoms with Crippen LogP contribution in [0.3, 0.4) is 0 Å². The Labute approximate surface area is 123 Å². The molecule has 0 N–H and O–H groups in total. The van der Waals surface area contributed by atoms with Crippen molar-refractivity contribution in [3.8, 4) is 5.75 Å². The van der Waals surface area contributed by atoms with Gasteiger partial charge in [0.1, 0.15) is 17.4 Å². The molecule has 2 aromatic rings. The lowest BCUT2D eigenvalue weighted by Crippen LogP contribution is -1.97. The van der Waals surface area contributed by atoms with Crippen molar-refractivity contribution in [3.05, 3.63) is 67.6 Å². The average molecular weight is 343 g/mol. The van der Waals surface area contributed by atoms with Crippen LogP contribution in [0, 0.1) is 10.1 Å². The number of nitro groups is 1. The van der Waals surface area contributed by atoms with Crippen molar-refractivity contribution in [1.82, 2.24) is 0 Å². The smallest absolute Gasteiger partial charge is 0.288 e. The molecule has 0 spiro atoms. The largest absolute Gasteiger partial charge is 0.489 e. The molecule has 0 radical (unpaired) electrons. The Morgan fingerprint density at radius 3 is 2.53 bits per heavy atom. The van der Waals surface area contributed by atoms with E-state index in [-0.39, 0.29) is 17.3 Å². The molecule has 0 bridgehead atoms. The van der Waals surface area contributed by atoms with E-state index in [9.17, 15) is 10.1 Å². The molecular weight excluding hydrogens is 334 g/mol. The van der Waals surface area contributed by atoms with E-state index in [4.69, 9.17) is 16.3 Å². The summed E-state index contributed by atoms with van der Waals surface area (Å²) in [5, 5.41) is 10.9. The Kier molecular flexibility index (Phi) is 4.39. The summed E-state index contributed by atoms with van der Waals surface area (Å²) in [4.78, 5) is 10.3. The van der Waals surface area contributed by atoms with Gasteiger partial charge in [0.15, 0.2) is 0 Å². The first-order valence-electron chi connectivity index (χ1n) is 5.37. The zero-order valence-corrected chi connectivity index (χ0v) is 12.0. The van der Waals surface area contributed by atoms with Gasteiger partial charge in [-0.1, -0.05) is 33.6 Å². The second kappa shape index (κ2) is 6.04. The van der Waals surface area contributed by atoms with Crippen molar-refractivity contribution >= 4 is 33.2 Å². The molecule has 0 unspecified atom stereocenters. The van der Waals surface area contributed by atoms with Crippen molar-refractivity contribution in [2.75, 3.05) is 0 Å². The van der Waals surface area contributed by atoms with Crippen LogP contribution >= 0.6 is 27.5 Å². The summed E-state index contributed by atoms with van der Waals surface area (Å²) in [6.07, 6.45) is 0. The maximum absolute atomic E-state index is 10.8. The minimum atomic E-state index is -0.508. The molecule has 0 aliphatic carbocycles. The molecule has 98 valence electrons. The third kappa shape index (κ3) is 3.68. The number of hydrogen-bond donors (Lipinski definition) is 0. The number of halogens is 2. The van der Waals surface area contributed by atoms with Crippen molar-refractivity contribution < 1.29 is 9.66 Å². The van der Waals surface area contributed by atoms with Crippen LogP contribution in [0.5, 0.6) is 5.75 Å². The second-order valence-electron chi connectivity index (χ2n) is 3.79. The lowest BCUT2D eigenvalue weighted by Gasteiger charge is -2.06. The van der Waals surface area contributed by atoms with Crippen molar-refractivity contribution in [1.29, 1.82) is 0 Å². The topological polar surface area (TPSA) is 52.4 Å². The highest BCUT2D eigenvalue weighted by Gasteiger charge is 2.12. The number of benzene rings is 2.